The number of carbonyl (C=O) groups excluding carboxylic acids is 2. The molecule has 6 nitrogen and oxygen atoms in total. The SMILES string of the molecule is CCCN(C(=O)c1ccc(CNC(N)=O)cc1)C1CCNCC1.Cl. The molecule has 2 rings (SSSR count). The minimum absolute atomic E-state index is 0. The van der Waals surface area contributed by atoms with Crippen molar-refractivity contribution in [3.63, 3.8) is 0 Å². The van der Waals surface area contributed by atoms with Gasteiger partial charge in [-0.1, -0.05) is 19.1 Å². The second-order valence-electron chi connectivity index (χ2n) is 5.89. The molecule has 4 N–H and O–H groups in total. The molecule has 0 bridgehead atoms. The lowest BCUT2D eigenvalue weighted by Gasteiger charge is -2.34. The second-order valence-corrected chi connectivity index (χ2v) is 5.89. The van der Waals surface area contributed by atoms with E-state index in [1.807, 2.05) is 29.2 Å². The summed E-state index contributed by atoms with van der Waals surface area (Å²) in [6, 6.07) is 7.13. The molecule has 1 aromatic carbocycles. The number of hydrogen-bond donors (Lipinski definition) is 3. The lowest BCUT2D eigenvalue weighted by Crippen LogP contribution is -2.46. The molecule has 24 heavy (non-hydrogen) atoms. The highest BCUT2D eigenvalue weighted by Crippen LogP contribution is 2.17. The summed E-state index contributed by atoms with van der Waals surface area (Å²) in [5.74, 6) is 0.0909. The van der Waals surface area contributed by atoms with Crippen LogP contribution >= 0.6 is 12.4 Å². The Morgan fingerprint density at radius 2 is 1.88 bits per heavy atom. The van der Waals surface area contributed by atoms with Gasteiger partial charge in [-0.15, -0.1) is 12.4 Å². The van der Waals surface area contributed by atoms with Crippen molar-refractivity contribution >= 4 is 24.3 Å². The topological polar surface area (TPSA) is 87.5 Å². The standard InChI is InChI=1S/C17H26N4O2.ClH/c1-2-11-21(15-7-9-19-10-8-15)16(22)14-5-3-13(4-6-14)12-20-17(18)23;/h3-6,15,19H,2,7-12H2,1H3,(H3,18,20,23);1H. The highest BCUT2D eigenvalue weighted by molar-refractivity contribution is 5.94. The Balaban J connectivity index is 0.00000288. The Morgan fingerprint density at radius 1 is 1.25 bits per heavy atom. The Morgan fingerprint density at radius 3 is 2.42 bits per heavy atom. The summed E-state index contributed by atoms with van der Waals surface area (Å²) in [6.45, 7) is 5.19. The maximum Gasteiger partial charge on any atom is 0.312 e. The van der Waals surface area contributed by atoms with Crippen LogP contribution in [-0.2, 0) is 6.54 Å². The Hall–Kier alpha value is -1.79. The smallest absolute Gasteiger partial charge is 0.312 e. The number of carbonyl (C=O) groups is 2. The van der Waals surface area contributed by atoms with E-state index in [2.05, 4.69) is 17.6 Å². The van der Waals surface area contributed by atoms with E-state index in [-0.39, 0.29) is 18.3 Å². The fourth-order valence-corrected chi connectivity index (χ4v) is 2.93. The summed E-state index contributed by atoms with van der Waals surface area (Å²) in [6.07, 6.45) is 2.97. The van der Waals surface area contributed by atoms with E-state index in [0.717, 1.165) is 44.5 Å². The number of rotatable bonds is 6. The molecule has 0 unspecified atom stereocenters. The third-order valence-corrected chi connectivity index (χ3v) is 4.14. The maximum atomic E-state index is 12.8. The Kier molecular flexibility index (Phi) is 8.57. The van der Waals surface area contributed by atoms with Crippen molar-refractivity contribution < 1.29 is 9.59 Å². The number of halogens is 1. The zero-order valence-electron chi connectivity index (χ0n) is 14.1. The first kappa shape index (κ1) is 20.3. The van der Waals surface area contributed by atoms with Crippen LogP contribution in [0.25, 0.3) is 0 Å². The van der Waals surface area contributed by atoms with Crippen molar-refractivity contribution in [2.24, 2.45) is 5.73 Å². The van der Waals surface area contributed by atoms with Gasteiger partial charge < -0.3 is 21.3 Å². The highest BCUT2D eigenvalue weighted by atomic mass is 35.5. The lowest BCUT2D eigenvalue weighted by atomic mass is 10.0. The molecule has 134 valence electrons. The average molecular weight is 355 g/mol. The minimum atomic E-state index is -0.551. The number of nitrogens with zero attached hydrogens (tertiary/aromatic N) is 1. The molecule has 0 spiro atoms. The van der Waals surface area contributed by atoms with E-state index in [0.29, 0.717) is 18.2 Å². The molecule has 0 atom stereocenters. The van der Waals surface area contributed by atoms with E-state index in [1.54, 1.807) is 0 Å². The molecule has 3 amide bonds. The van der Waals surface area contributed by atoms with Gasteiger partial charge in [-0.3, -0.25) is 4.79 Å². The molecule has 1 fully saturated rings. The van der Waals surface area contributed by atoms with Crippen molar-refractivity contribution in [3.8, 4) is 0 Å². The summed E-state index contributed by atoms with van der Waals surface area (Å²) in [5, 5.41) is 5.88. The quantitative estimate of drug-likeness (QED) is 0.728. The van der Waals surface area contributed by atoms with Crippen molar-refractivity contribution in [2.75, 3.05) is 19.6 Å². The first-order chi connectivity index (χ1) is 11.1. The van der Waals surface area contributed by atoms with Gasteiger partial charge in [-0.05, 0) is 50.0 Å². The molecule has 1 aromatic rings. The van der Waals surface area contributed by atoms with E-state index in [1.165, 1.54) is 0 Å². The van der Waals surface area contributed by atoms with Gasteiger partial charge in [-0.25, -0.2) is 4.79 Å². The zero-order valence-corrected chi connectivity index (χ0v) is 14.9. The van der Waals surface area contributed by atoms with Crippen molar-refractivity contribution in [1.29, 1.82) is 0 Å². The van der Waals surface area contributed by atoms with Gasteiger partial charge in [0.1, 0.15) is 0 Å². The van der Waals surface area contributed by atoms with Gasteiger partial charge in [0.2, 0.25) is 0 Å². The van der Waals surface area contributed by atoms with Crippen molar-refractivity contribution in [3.05, 3.63) is 35.4 Å². The van der Waals surface area contributed by atoms with Crippen LogP contribution < -0.4 is 16.4 Å². The predicted octanol–water partition coefficient (Wildman–Crippen LogP) is 1.88. The first-order valence-electron chi connectivity index (χ1n) is 8.25. The van der Waals surface area contributed by atoms with E-state index >= 15 is 0 Å². The number of nitrogens with one attached hydrogen (secondary N) is 2. The molecular weight excluding hydrogens is 328 g/mol. The zero-order chi connectivity index (χ0) is 16.7. The molecule has 1 saturated heterocycles. The monoisotopic (exact) mass is 354 g/mol. The van der Waals surface area contributed by atoms with Crippen LogP contribution in [0.3, 0.4) is 0 Å². The molecule has 1 heterocycles. The third-order valence-electron chi connectivity index (χ3n) is 4.14. The highest BCUT2D eigenvalue weighted by Gasteiger charge is 2.25. The van der Waals surface area contributed by atoms with E-state index < -0.39 is 6.03 Å². The third kappa shape index (κ3) is 5.69. The second kappa shape index (κ2) is 10.2. The molecular formula is C17H27ClN4O2. The fraction of sp³-hybridized carbons (Fsp3) is 0.529. The number of amides is 3. The van der Waals surface area contributed by atoms with Crippen LogP contribution in [-0.4, -0.2) is 42.5 Å². The number of nitrogens with two attached hydrogens (primary N) is 1. The molecule has 7 heteroatoms. The fourth-order valence-electron chi connectivity index (χ4n) is 2.93. The maximum absolute atomic E-state index is 12.8. The molecule has 1 aliphatic rings. The van der Waals surface area contributed by atoms with Crippen LogP contribution in [0, 0.1) is 0 Å². The van der Waals surface area contributed by atoms with Gasteiger partial charge in [-0.2, -0.15) is 0 Å². The first-order valence-corrected chi connectivity index (χ1v) is 8.25. The van der Waals surface area contributed by atoms with Crippen LogP contribution in [0.1, 0.15) is 42.1 Å². The number of piperidine rings is 1. The van der Waals surface area contributed by atoms with Gasteiger partial charge in [0.15, 0.2) is 0 Å². The van der Waals surface area contributed by atoms with E-state index in [9.17, 15) is 9.59 Å². The van der Waals surface area contributed by atoms with Gasteiger partial charge in [0.25, 0.3) is 5.91 Å². The van der Waals surface area contributed by atoms with Crippen LogP contribution in [0.15, 0.2) is 24.3 Å². The minimum Gasteiger partial charge on any atom is -0.352 e. The number of urea groups is 1. The molecule has 1 aliphatic heterocycles. The average Bonchev–Trinajstić information content (AvgIpc) is 2.58. The van der Waals surface area contributed by atoms with Crippen LogP contribution in [0.4, 0.5) is 4.79 Å². The van der Waals surface area contributed by atoms with Crippen LogP contribution in [0.2, 0.25) is 0 Å². The lowest BCUT2D eigenvalue weighted by molar-refractivity contribution is 0.0642. The molecule has 0 aromatic heterocycles. The van der Waals surface area contributed by atoms with E-state index in [4.69, 9.17) is 5.73 Å². The molecule has 0 radical (unpaired) electrons. The van der Waals surface area contributed by atoms with Crippen LogP contribution in [0.5, 0.6) is 0 Å². The Labute approximate surface area is 149 Å². The normalized spacial score (nSPS) is 14.5. The van der Waals surface area contributed by atoms with Crippen molar-refractivity contribution in [1.82, 2.24) is 15.5 Å². The molecule has 0 saturated carbocycles. The van der Waals surface area contributed by atoms with Gasteiger partial charge in [0.05, 0.1) is 0 Å². The molecule has 0 aliphatic carbocycles. The summed E-state index contributed by atoms with van der Waals surface area (Å²) in [7, 11) is 0. The Bertz CT molecular complexity index is 530. The summed E-state index contributed by atoms with van der Waals surface area (Å²) in [5.41, 5.74) is 6.67. The van der Waals surface area contributed by atoms with Crippen molar-refractivity contribution in [2.45, 2.75) is 38.8 Å². The predicted molar refractivity (Wildman–Crippen MR) is 97.3 cm³/mol. The summed E-state index contributed by atoms with van der Waals surface area (Å²) < 4.78 is 0. The van der Waals surface area contributed by atoms with Gasteiger partial charge in [0, 0.05) is 24.7 Å². The number of benzene rings is 1. The largest absolute Gasteiger partial charge is 0.352 e. The number of primary amides is 1. The number of hydrogen-bond acceptors (Lipinski definition) is 3. The summed E-state index contributed by atoms with van der Waals surface area (Å²) >= 11 is 0. The summed E-state index contributed by atoms with van der Waals surface area (Å²) in [4.78, 5) is 25.6. The van der Waals surface area contributed by atoms with Gasteiger partial charge >= 0.3 is 6.03 Å².